The average Bonchev–Trinajstić information content (AvgIpc) is 2.15. The van der Waals surface area contributed by atoms with Crippen LogP contribution in [-0.2, 0) is 9.53 Å². The van der Waals surface area contributed by atoms with Crippen LogP contribution in [0.3, 0.4) is 0 Å². The van der Waals surface area contributed by atoms with Crippen molar-refractivity contribution < 1.29 is 9.53 Å². The second-order valence-electron chi connectivity index (χ2n) is 4.81. The van der Waals surface area contributed by atoms with Crippen LogP contribution in [0.2, 0.25) is 0 Å². The summed E-state index contributed by atoms with van der Waals surface area (Å²) in [6, 6.07) is 0.0268. The van der Waals surface area contributed by atoms with Crippen molar-refractivity contribution in [3.8, 4) is 0 Å². The number of rotatable bonds is 8. The van der Waals surface area contributed by atoms with E-state index in [2.05, 4.69) is 24.5 Å². The summed E-state index contributed by atoms with van der Waals surface area (Å²) in [7, 11) is 0. The minimum absolute atomic E-state index is 0.0406. The monoisotopic (exact) mass is 230 g/mol. The van der Waals surface area contributed by atoms with Crippen LogP contribution in [0.15, 0.2) is 0 Å². The van der Waals surface area contributed by atoms with E-state index < -0.39 is 0 Å². The van der Waals surface area contributed by atoms with Crippen LogP contribution in [0.4, 0.5) is 0 Å². The first-order valence-corrected chi connectivity index (χ1v) is 6.05. The van der Waals surface area contributed by atoms with E-state index >= 15 is 0 Å². The van der Waals surface area contributed by atoms with Crippen molar-refractivity contribution in [2.45, 2.75) is 46.7 Å². The fourth-order valence-electron chi connectivity index (χ4n) is 1.17. The Morgan fingerprint density at radius 2 is 1.81 bits per heavy atom. The number of hydrogen-bond acceptors (Lipinski definition) is 3. The molecule has 96 valence electrons. The molecule has 0 heterocycles. The van der Waals surface area contributed by atoms with E-state index in [4.69, 9.17) is 4.74 Å². The van der Waals surface area contributed by atoms with Crippen LogP contribution in [0.1, 0.15) is 34.6 Å². The molecule has 0 saturated heterocycles. The van der Waals surface area contributed by atoms with Crippen molar-refractivity contribution in [2.75, 3.05) is 19.8 Å². The highest BCUT2D eigenvalue weighted by atomic mass is 16.5. The van der Waals surface area contributed by atoms with Gasteiger partial charge in [0, 0.05) is 19.2 Å². The van der Waals surface area contributed by atoms with Gasteiger partial charge >= 0.3 is 0 Å². The van der Waals surface area contributed by atoms with Gasteiger partial charge in [0.2, 0.25) is 5.91 Å². The molecule has 1 unspecified atom stereocenters. The molecule has 0 bridgehead atoms. The normalized spacial score (nSPS) is 13.2. The molecule has 16 heavy (non-hydrogen) atoms. The fourth-order valence-corrected chi connectivity index (χ4v) is 1.17. The van der Waals surface area contributed by atoms with E-state index in [1.54, 1.807) is 0 Å². The Kier molecular flexibility index (Phi) is 8.21. The van der Waals surface area contributed by atoms with Crippen molar-refractivity contribution >= 4 is 5.91 Å². The van der Waals surface area contributed by atoms with Gasteiger partial charge in [0.15, 0.2) is 0 Å². The Labute approximate surface area is 99.1 Å². The van der Waals surface area contributed by atoms with Crippen LogP contribution in [0.5, 0.6) is 0 Å². The maximum Gasteiger partial charge on any atom is 0.237 e. The molecule has 0 radical (unpaired) electrons. The molecule has 0 saturated carbocycles. The molecule has 0 aromatic heterocycles. The third kappa shape index (κ3) is 8.68. The van der Waals surface area contributed by atoms with E-state index in [1.807, 2.05) is 20.8 Å². The molecule has 0 aromatic carbocycles. The molecular weight excluding hydrogens is 204 g/mol. The number of hydrogen-bond donors (Lipinski definition) is 2. The lowest BCUT2D eigenvalue weighted by Gasteiger charge is -2.16. The molecule has 0 aliphatic rings. The molecule has 1 atom stereocenters. The van der Waals surface area contributed by atoms with Crippen molar-refractivity contribution in [1.29, 1.82) is 0 Å². The van der Waals surface area contributed by atoms with E-state index in [9.17, 15) is 4.79 Å². The van der Waals surface area contributed by atoms with E-state index in [0.717, 1.165) is 6.61 Å². The highest BCUT2D eigenvalue weighted by molar-refractivity contribution is 5.81. The first kappa shape index (κ1) is 15.4. The zero-order valence-corrected chi connectivity index (χ0v) is 11.2. The van der Waals surface area contributed by atoms with Gasteiger partial charge in [-0.3, -0.25) is 4.79 Å². The molecule has 0 aromatic rings. The average molecular weight is 230 g/mol. The van der Waals surface area contributed by atoms with Gasteiger partial charge in [-0.05, 0) is 26.7 Å². The maximum absolute atomic E-state index is 11.5. The Morgan fingerprint density at radius 3 is 2.31 bits per heavy atom. The number of amides is 1. The summed E-state index contributed by atoms with van der Waals surface area (Å²) in [5.74, 6) is 0.598. The third-order valence-corrected chi connectivity index (χ3v) is 1.97. The first-order chi connectivity index (χ1) is 7.43. The molecule has 2 N–H and O–H groups in total. The van der Waals surface area contributed by atoms with Gasteiger partial charge in [0.05, 0.1) is 12.6 Å². The molecule has 0 rings (SSSR count). The lowest BCUT2D eigenvalue weighted by molar-refractivity contribution is -0.123. The Balaban J connectivity index is 3.49. The molecule has 0 aliphatic carbocycles. The smallest absolute Gasteiger partial charge is 0.237 e. The highest BCUT2D eigenvalue weighted by Crippen LogP contribution is 1.91. The predicted molar refractivity (Wildman–Crippen MR) is 66.4 cm³/mol. The van der Waals surface area contributed by atoms with Crippen molar-refractivity contribution in [3.63, 3.8) is 0 Å². The van der Waals surface area contributed by atoms with Gasteiger partial charge in [-0.1, -0.05) is 13.8 Å². The second kappa shape index (κ2) is 8.53. The van der Waals surface area contributed by atoms with Gasteiger partial charge in [-0.2, -0.15) is 0 Å². The number of carbonyl (C=O) groups excluding carboxylic acids is 1. The Morgan fingerprint density at radius 1 is 1.19 bits per heavy atom. The van der Waals surface area contributed by atoms with Gasteiger partial charge in [0.25, 0.3) is 0 Å². The molecule has 0 spiro atoms. The summed E-state index contributed by atoms with van der Waals surface area (Å²) in [5, 5.41) is 5.98. The third-order valence-electron chi connectivity index (χ3n) is 1.97. The molecule has 4 nitrogen and oxygen atoms in total. The number of nitrogens with one attached hydrogen (secondary N) is 2. The summed E-state index contributed by atoms with van der Waals surface area (Å²) >= 11 is 0. The Bertz CT molecular complexity index is 193. The van der Waals surface area contributed by atoms with E-state index in [0.29, 0.717) is 19.1 Å². The molecular formula is C12H26N2O2. The van der Waals surface area contributed by atoms with Crippen LogP contribution < -0.4 is 10.6 Å². The topological polar surface area (TPSA) is 50.4 Å². The molecule has 4 heteroatoms. The molecule has 1 amide bonds. The second-order valence-corrected chi connectivity index (χ2v) is 4.81. The summed E-state index contributed by atoms with van der Waals surface area (Å²) < 4.78 is 5.41. The molecule has 0 fully saturated rings. The minimum atomic E-state index is -0.162. The number of carbonyl (C=O) groups is 1. The summed E-state index contributed by atoms with van der Waals surface area (Å²) in [6.45, 7) is 12.1. The SMILES string of the molecule is CC(C)COCCNC(C)C(=O)NC(C)C. The predicted octanol–water partition coefficient (Wildman–Crippen LogP) is 1.16. The van der Waals surface area contributed by atoms with E-state index in [-0.39, 0.29) is 18.0 Å². The van der Waals surface area contributed by atoms with Crippen LogP contribution >= 0.6 is 0 Å². The zero-order chi connectivity index (χ0) is 12.6. The zero-order valence-electron chi connectivity index (χ0n) is 11.2. The minimum Gasteiger partial charge on any atom is -0.380 e. The van der Waals surface area contributed by atoms with Crippen molar-refractivity contribution in [1.82, 2.24) is 10.6 Å². The lowest BCUT2D eigenvalue weighted by Crippen LogP contribution is -2.45. The molecule has 0 aliphatic heterocycles. The van der Waals surface area contributed by atoms with Gasteiger partial charge < -0.3 is 15.4 Å². The largest absolute Gasteiger partial charge is 0.380 e. The summed E-state index contributed by atoms with van der Waals surface area (Å²) in [6.07, 6.45) is 0. The van der Waals surface area contributed by atoms with Crippen LogP contribution in [0.25, 0.3) is 0 Å². The maximum atomic E-state index is 11.5. The highest BCUT2D eigenvalue weighted by Gasteiger charge is 2.11. The number of ether oxygens (including phenoxy) is 1. The fraction of sp³-hybridized carbons (Fsp3) is 0.917. The standard InChI is InChI=1S/C12H26N2O2/c1-9(2)8-16-7-6-13-11(5)12(15)14-10(3)4/h9-11,13H,6-8H2,1-5H3,(H,14,15). The Hall–Kier alpha value is -0.610. The summed E-state index contributed by atoms with van der Waals surface area (Å²) in [5.41, 5.74) is 0. The van der Waals surface area contributed by atoms with Crippen molar-refractivity contribution in [2.24, 2.45) is 5.92 Å². The first-order valence-electron chi connectivity index (χ1n) is 6.05. The van der Waals surface area contributed by atoms with E-state index in [1.165, 1.54) is 0 Å². The van der Waals surface area contributed by atoms with Gasteiger partial charge in [-0.25, -0.2) is 0 Å². The lowest BCUT2D eigenvalue weighted by atomic mass is 10.2. The van der Waals surface area contributed by atoms with Crippen LogP contribution in [-0.4, -0.2) is 37.7 Å². The summed E-state index contributed by atoms with van der Waals surface area (Å²) in [4.78, 5) is 11.5. The van der Waals surface area contributed by atoms with Gasteiger partial charge in [-0.15, -0.1) is 0 Å². The van der Waals surface area contributed by atoms with Crippen molar-refractivity contribution in [3.05, 3.63) is 0 Å². The van der Waals surface area contributed by atoms with Crippen LogP contribution in [0, 0.1) is 5.92 Å². The quantitative estimate of drug-likeness (QED) is 0.615. The van der Waals surface area contributed by atoms with Gasteiger partial charge in [0.1, 0.15) is 0 Å².